The number of nitrogens with zero attached hydrogens (tertiary/aromatic N) is 1. The van der Waals surface area contributed by atoms with E-state index in [0.717, 1.165) is 30.2 Å². The van der Waals surface area contributed by atoms with Gasteiger partial charge in [-0.15, -0.1) is 0 Å². The first kappa shape index (κ1) is 21.2. The van der Waals surface area contributed by atoms with E-state index in [1.165, 1.54) is 14.1 Å². The Hall–Kier alpha value is -1.85. The van der Waals surface area contributed by atoms with E-state index in [2.05, 4.69) is 5.32 Å². The summed E-state index contributed by atoms with van der Waals surface area (Å²) >= 11 is -0.987. The topological polar surface area (TPSA) is 41.6 Å². The fourth-order valence-corrected chi connectivity index (χ4v) is 2.33. The van der Waals surface area contributed by atoms with Gasteiger partial charge in [0.05, 0.1) is 12.0 Å². The summed E-state index contributed by atoms with van der Waals surface area (Å²) in [5, 5.41) is -3.12. The quantitative estimate of drug-likeness (QED) is 0.583. The van der Waals surface area contributed by atoms with Crippen LogP contribution >= 0.6 is 11.8 Å². The highest BCUT2D eigenvalue weighted by Gasteiger charge is 2.73. The van der Waals surface area contributed by atoms with Gasteiger partial charge in [-0.3, -0.25) is 0 Å². The summed E-state index contributed by atoms with van der Waals surface area (Å²) in [6.45, 7) is 0. The van der Waals surface area contributed by atoms with Crippen LogP contribution in [0.4, 0.5) is 41.2 Å². The van der Waals surface area contributed by atoms with E-state index in [-0.39, 0.29) is 5.69 Å². The molecule has 1 aromatic rings. The second-order valence-electron chi connectivity index (χ2n) is 4.88. The first-order valence-corrected chi connectivity index (χ1v) is 7.22. The molecular weight excluding hydrogens is 381 g/mol. The lowest BCUT2D eigenvalue weighted by Gasteiger charge is -2.27. The van der Waals surface area contributed by atoms with Crippen molar-refractivity contribution in [3.63, 3.8) is 0 Å². The Bertz CT molecular complexity index is 635. The first-order chi connectivity index (χ1) is 11.2. The summed E-state index contributed by atoms with van der Waals surface area (Å²) in [7, 11) is 3.87. The molecule has 0 aliphatic rings. The molecular formula is C13H13F7N2O2S. The molecule has 1 rings (SSSR count). The van der Waals surface area contributed by atoms with E-state index in [0.29, 0.717) is 0 Å². The van der Waals surface area contributed by atoms with E-state index < -0.39 is 45.8 Å². The number of rotatable bonds is 5. The first-order valence-electron chi connectivity index (χ1n) is 6.40. The molecule has 0 fully saturated rings. The summed E-state index contributed by atoms with van der Waals surface area (Å²) in [6, 6.07) is 2.35. The Morgan fingerprint density at radius 2 is 1.68 bits per heavy atom. The highest BCUT2D eigenvalue weighted by Crippen LogP contribution is 2.55. The predicted molar refractivity (Wildman–Crippen MR) is 77.5 cm³/mol. The van der Waals surface area contributed by atoms with E-state index in [1.54, 1.807) is 0 Å². The van der Waals surface area contributed by atoms with Crippen molar-refractivity contribution in [3.05, 3.63) is 18.2 Å². The summed E-state index contributed by atoms with van der Waals surface area (Å²) < 4.78 is 94.1. The van der Waals surface area contributed by atoms with Crippen molar-refractivity contribution in [3.8, 4) is 5.75 Å². The molecule has 0 unspecified atom stereocenters. The van der Waals surface area contributed by atoms with E-state index in [9.17, 15) is 35.5 Å². The zero-order chi connectivity index (χ0) is 19.6. The number of hydrogen-bond acceptors (Lipinski definition) is 3. The lowest BCUT2D eigenvalue weighted by atomic mass is 10.3. The number of nitrogens with one attached hydrogen (secondary N) is 1. The van der Waals surface area contributed by atoms with Gasteiger partial charge in [0.1, 0.15) is 5.75 Å². The molecule has 142 valence electrons. The third-order valence-electron chi connectivity index (χ3n) is 2.78. The van der Waals surface area contributed by atoms with Gasteiger partial charge in [0.25, 0.3) is 0 Å². The predicted octanol–water partition coefficient (Wildman–Crippen LogP) is 4.67. The minimum absolute atomic E-state index is 0.0748. The van der Waals surface area contributed by atoms with Gasteiger partial charge >= 0.3 is 23.4 Å². The number of carbonyl (C=O) groups is 1. The normalized spacial score (nSPS) is 12.7. The van der Waals surface area contributed by atoms with Crippen LogP contribution in [-0.4, -0.2) is 49.5 Å². The molecule has 0 spiro atoms. The Balaban J connectivity index is 3.12. The minimum Gasteiger partial charge on any atom is -0.496 e. The van der Waals surface area contributed by atoms with Crippen LogP contribution in [0.3, 0.4) is 0 Å². The highest BCUT2D eigenvalue weighted by atomic mass is 32.2. The second kappa shape index (κ2) is 7.18. The van der Waals surface area contributed by atoms with Crippen LogP contribution in [0.15, 0.2) is 23.1 Å². The van der Waals surface area contributed by atoms with Gasteiger partial charge < -0.3 is 15.0 Å². The molecule has 0 saturated heterocycles. The van der Waals surface area contributed by atoms with Crippen LogP contribution in [0.25, 0.3) is 0 Å². The van der Waals surface area contributed by atoms with Crippen LogP contribution in [0, 0.1) is 0 Å². The Kier molecular flexibility index (Phi) is 6.09. The smallest absolute Gasteiger partial charge is 0.460 e. The fourth-order valence-electron chi connectivity index (χ4n) is 1.43. The summed E-state index contributed by atoms with van der Waals surface area (Å²) in [5.74, 6) is -6.65. The number of ether oxygens (including phenoxy) is 1. The third kappa shape index (κ3) is 4.61. The molecule has 25 heavy (non-hydrogen) atoms. The number of thioether (sulfide) groups is 1. The number of carbonyl (C=O) groups excluding carboxylic acids is 1. The number of alkyl halides is 7. The standard InChI is InChI=1S/C13H13F7N2O2S/c1-22(2)10(23)21-7-4-5-9(8(6-7)24-3)25-13(19,20)11(14,15)12(16,17)18/h4-6H,1-3H3,(H,21,23). The van der Waals surface area contributed by atoms with Gasteiger partial charge in [-0.2, -0.15) is 30.7 Å². The molecule has 12 heteroatoms. The number of amides is 2. The number of methoxy groups -OCH3 is 1. The average molecular weight is 394 g/mol. The van der Waals surface area contributed by atoms with Crippen molar-refractivity contribution >= 4 is 23.5 Å². The molecule has 4 nitrogen and oxygen atoms in total. The maximum absolute atomic E-state index is 13.5. The van der Waals surface area contributed by atoms with Crippen LogP contribution < -0.4 is 10.1 Å². The van der Waals surface area contributed by atoms with Crippen molar-refractivity contribution in [1.82, 2.24) is 4.90 Å². The molecule has 0 aliphatic carbocycles. The maximum atomic E-state index is 13.5. The Labute approximate surface area is 142 Å². The van der Waals surface area contributed by atoms with Gasteiger partial charge in [-0.1, -0.05) is 0 Å². The average Bonchev–Trinajstić information content (AvgIpc) is 2.46. The Morgan fingerprint density at radius 3 is 2.12 bits per heavy atom. The molecule has 0 aliphatic heterocycles. The second-order valence-corrected chi connectivity index (χ2v) is 6.04. The van der Waals surface area contributed by atoms with Gasteiger partial charge in [0.15, 0.2) is 0 Å². The van der Waals surface area contributed by atoms with Gasteiger partial charge in [0, 0.05) is 25.8 Å². The summed E-state index contributed by atoms with van der Waals surface area (Å²) in [5.41, 5.74) is 0.0748. The van der Waals surface area contributed by atoms with Crippen molar-refractivity contribution < 1.29 is 40.3 Å². The highest BCUT2D eigenvalue weighted by molar-refractivity contribution is 8.00. The number of halogens is 7. The van der Waals surface area contributed by atoms with Crippen molar-refractivity contribution in [1.29, 1.82) is 0 Å². The summed E-state index contributed by atoms with van der Waals surface area (Å²) in [4.78, 5) is 12.0. The van der Waals surface area contributed by atoms with E-state index >= 15 is 0 Å². The molecule has 2 amide bonds. The van der Waals surface area contributed by atoms with E-state index in [1.807, 2.05) is 0 Å². The van der Waals surface area contributed by atoms with Gasteiger partial charge in [0.2, 0.25) is 0 Å². The third-order valence-corrected chi connectivity index (χ3v) is 3.85. The van der Waals surface area contributed by atoms with Gasteiger partial charge in [-0.25, -0.2) is 4.79 Å². The molecule has 0 heterocycles. The number of urea groups is 1. The molecule has 0 atom stereocenters. The molecule has 0 radical (unpaired) electrons. The molecule has 0 bridgehead atoms. The Morgan fingerprint density at radius 1 is 1.12 bits per heavy atom. The SMILES string of the molecule is COc1cc(NC(=O)N(C)C)ccc1SC(F)(F)C(F)(F)C(F)(F)F. The molecule has 1 N–H and O–H groups in total. The molecule has 1 aromatic carbocycles. The number of anilines is 1. The van der Waals surface area contributed by atoms with Gasteiger partial charge in [-0.05, 0) is 23.9 Å². The van der Waals surface area contributed by atoms with Crippen LogP contribution in [0.1, 0.15) is 0 Å². The number of benzene rings is 1. The maximum Gasteiger partial charge on any atom is 0.460 e. The van der Waals surface area contributed by atoms with Crippen molar-refractivity contribution in [2.75, 3.05) is 26.5 Å². The largest absolute Gasteiger partial charge is 0.496 e. The monoisotopic (exact) mass is 394 g/mol. The van der Waals surface area contributed by atoms with Crippen molar-refractivity contribution in [2.45, 2.75) is 22.2 Å². The van der Waals surface area contributed by atoms with Crippen LogP contribution in [0.2, 0.25) is 0 Å². The minimum atomic E-state index is -6.42. The lowest BCUT2D eigenvalue weighted by Crippen LogP contribution is -2.49. The van der Waals surface area contributed by atoms with Crippen molar-refractivity contribution in [2.24, 2.45) is 0 Å². The zero-order valence-electron chi connectivity index (χ0n) is 13.0. The van der Waals surface area contributed by atoms with E-state index in [4.69, 9.17) is 4.74 Å². The zero-order valence-corrected chi connectivity index (χ0v) is 13.9. The lowest BCUT2D eigenvalue weighted by molar-refractivity contribution is -0.330. The summed E-state index contributed by atoms with van der Waals surface area (Å²) in [6.07, 6.45) is -6.42. The molecule has 0 saturated carbocycles. The fraction of sp³-hybridized carbons (Fsp3) is 0.462. The number of hydrogen-bond donors (Lipinski definition) is 1. The van der Waals surface area contributed by atoms with Crippen LogP contribution in [-0.2, 0) is 0 Å². The molecule has 0 aromatic heterocycles. The van der Waals surface area contributed by atoms with Crippen LogP contribution in [0.5, 0.6) is 5.75 Å².